The number of carbonyl (C=O) groups is 2. The van der Waals surface area contributed by atoms with E-state index in [1.807, 2.05) is 38.1 Å². The van der Waals surface area contributed by atoms with Crippen LogP contribution in [0.2, 0.25) is 0 Å². The van der Waals surface area contributed by atoms with Gasteiger partial charge in [0.2, 0.25) is 0 Å². The molecule has 3 aromatic rings. The van der Waals surface area contributed by atoms with Crippen molar-refractivity contribution in [2.75, 3.05) is 6.61 Å². The number of ether oxygens (including phenoxy) is 2. The Morgan fingerprint density at radius 1 is 1.03 bits per heavy atom. The van der Waals surface area contributed by atoms with Crippen LogP contribution in [0.4, 0.5) is 9.18 Å². The zero-order valence-electron chi connectivity index (χ0n) is 19.2. The van der Waals surface area contributed by atoms with Crippen molar-refractivity contribution in [3.63, 3.8) is 0 Å². The van der Waals surface area contributed by atoms with Crippen LogP contribution >= 0.6 is 27.7 Å². The lowest BCUT2D eigenvalue weighted by Gasteiger charge is -2.15. The summed E-state index contributed by atoms with van der Waals surface area (Å²) < 4.78 is 26.2. The molecule has 1 saturated heterocycles. The third-order valence-electron chi connectivity index (χ3n) is 5.42. The Balaban J connectivity index is 1.57. The van der Waals surface area contributed by atoms with Crippen molar-refractivity contribution < 1.29 is 23.5 Å². The number of halogens is 2. The summed E-state index contributed by atoms with van der Waals surface area (Å²) in [6.07, 6.45) is 1.66. The second kappa shape index (κ2) is 11.1. The van der Waals surface area contributed by atoms with Gasteiger partial charge in [0.1, 0.15) is 12.4 Å². The number of hydrogen-bond donors (Lipinski definition) is 0. The highest BCUT2D eigenvalue weighted by Gasteiger charge is 2.35. The molecule has 1 aliphatic rings. The molecular formula is C27H23BrFNO4S. The Bertz CT molecular complexity index is 1310. The molecule has 0 radical (unpaired) electrons. The number of hydrogen-bond acceptors (Lipinski definition) is 5. The van der Waals surface area contributed by atoms with E-state index < -0.39 is 0 Å². The van der Waals surface area contributed by atoms with Crippen molar-refractivity contribution in [2.24, 2.45) is 0 Å². The maximum Gasteiger partial charge on any atom is 0.293 e. The summed E-state index contributed by atoms with van der Waals surface area (Å²) in [5, 5.41) is -0.307. The van der Waals surface area contributed by atoms with Crippen molar-refractivity contribution in [3.05, 3.63) is 98.1 Å². The van der Waals surface area contributed by atoms with E-state index >= 15 is 0 Å². The quantitative estimate of drug-likeness (QED) is 0.277. The highest BCUT2D eigenvalue weighted by molar-refractivity contribution is 9.10. The Morgan fingerprint density at radius 2 is 1.74 bits per heavy atom. The van der Waals surface area contributed by atoms with Crippen LogP contribution in [0, 0.1) is 12.7 Å². The SMILES string of the molecule is CCOc1cc(/C=C2\SC(=O)N(Cc3ccccc3C)C2=O)cc(Br)c1OCc1ccccc1F. The molecule has 0 unspecified atom stereocenters. The molecule has 1 fully saturated rings. The summed E-state index contributed by atoms with van der Waals surface area (Å²) in [5.41, 5.74) is 3.04. The molecule has 1 heterocycles. The molecule has 0 aliphatic carbocycles. The first-order chi connectivity index (χ1) is 16.9. The van der Waals surface area contributed by atoms with Gasteiger partial charge in [-0.2, -0.15) is 0 Å². The zero-order chi connectivity index (χ0) is 24.9. The normalized spacial score (nSPS) is 14.6. The molecule has 0 spiro atoms. The summed E-state index contributed by atoms with van der Waals surface area (Å²) in [4.78, 5) is 27.2. The van der Waals surface area contributed by atoms with Crippen LogP contribution in [0.1, 0.15) is 29.2 Å². The molecule has 0 N–H and O–H groups in total. The molecule has 0 aromatic heterocycles. The van der Waals surface area contributed by atoms with Crippen LogP contribution in [0.25, 0.3) is 6.08 Å². The van der Waals surface area contributed by atoms with Crippen LogP contribution in [-0.4, -0.2) is 22.7 Å². The third-order valence-corrected chi connectivity index (χ3v) is 6.92. The Morgan fingerprint density at radius 3 is 2.46 bits per heavy atom. The summed E-state index contributed by atoms with van der Waals surface area (Å²) in [6.45, 7) is 4.44. The molecule has 0 bridgehead atoms. The fourth-order valence-corrected chi connectivity index (χ4v) is 5.00. The number of amides is 2. The van der Waals surface area contributed by atoms with Gasteiger partial charge in [-0.05, 0) is 82.5 Å². The van der Waals surface area contributed by atoms with Crippen molar-refractivity contribution in [1.82, 2.24) is 4.90 Å². The van der Waals surface area contributed by atoms with Crippen molar-refractivity contribution in [1.29, 1.82) is 0 Å². The minimum atomic E-state index is -0.348. The average Bonchev–Trinajstić information content (AvgIpc) is 3.08. The van der Waals surface area contributed by atoms with Crippen molar-refractivity contribution >= 4 is 44.9 Å². The maximum absolute atomic E-state index is 14.0. The third kappa shape index (κ3) is 5.77. The molecule has 0 atom stereocenters. The molecule has 4 rings (SSSR count). The number of thioether (sulfide) groups is 1. The Hall–Kier alpha value is -3.10. The predicted octanol–water partition coefficient (Wildman–Crippen LogP) is 7.11. The number of carbonyl (C=O) groups excluding carboxylic acids is 2. The van der Waals surface area contributed by atoms with Crippen LogP contribution in [0.15, 0.2) is 70.0 Å². The van der Waals surface area contributed by atoms with Gasteiger partial charge < -0.3 is 9.47 Å². The van der Waals surface area contributed by atoms with Gasteiger partial charge in [-0.1, -0.05) is 42.5 Å². The van der Waals surface area contributed by atoms with Crippen molar-refractivity contribution in [3.8, 4) is 11.5 Å². The summed E-state index contributed by atoms with van der Waals surface area (Å²) in [7, 11) is 0. The summed E-state index contributed by atoms with van der Waals surface area (Å²) in [6, 6.07) is 17.6. The first-order valence-electron chi connectivity index (χ1n) is 11.0. The average molecular weight is 556 g/mol. The second-order valence-electron chi connectivity index (χ2n) is 7.84. The lowest BCUT2D eigenvalue weighted by Crippen LogP contribution is -2.27. The van der Waals surface area contributed by atoms with Crippen LogP contribution in [0.3, 0.4) is 0 Å². The highest BCUT2D eigenvalue weighted by Crippen LogP contribution is 2.40. The molecule has 1 aliphatic heterocycles. The van der Waals surface area contributed by atoms with E-state index in [1.165, 1.54) is 11.0 Å². The number of aryl methyl sites for hydroxylation is 1. The fourth-order valence-electron chi connectivity index (χ4n) is 3.59. The molecule has 0 saturated carbocycles. The van der Waals surface area contributed by atoms with Gasteiger partial charge in [-0.3, -0.25) is 14.5 Å². The van der Waals surface area contributed by atoms with Gasteiger partial charge in [0.15, 0.2) is 11.5 Å². The summed E-state index contributed by atoms with van der Waals surface area (Å²) >= 11 is 4.41. The van der Waals surface area contributed by atoms with Gasteiger partial charge >= 0.3 is 0 Å². The van der Waals surface area contributed by atoms with Gasteiger partial charge in [0.25, 0.3) is 11.1 Å². The van der Waals surface area contributed by atoms with E-state index in [-0.39, 0.29) is 30.1 Å². The number of nitrogens with zero attached hydrogens (tertiary/aromatic N) is 1. The smallest absolute Gasteiger partial charge is 0.293 e. The summed E-state index contributed by atoms with van der Waals surface area (Å²) in [5.74, 6) is 0.195. The first kappa shape index (κ1) is 25.0. The lowest BCUT2D eigenvalue weighted by molar-refractivity contribution is -0.123. The number of imide groups is 1. The Kier molecular flexibility index (Phi) is 7.93. The van der Waals surface area contributed by atoms with E-state index in [1.54, 1.807) is 36.4 Å². The van der Waals surface area contributed by atoms with E-state index in [4.69, 9.17) is 9.47 Å². The molecule has 8 heteroatoms. The lowest BCUT2D eigenvalue weighted by atomic mass is 10.1. The second-order valence-corrected chi connectivity index (χ2v) is 9.68. The Labute approximate surface area is 216 Å². The van der Waals surface area contributed by atoms with Gasteiger partial charge in [0, 0.05) is 5.56 Å². The molecule has 35 heavy (non-hydrogen) atoms. The zero-order valence-corrected chi connectivity index (χ0v) is 21.6. The maximum atomic E-state index is 14.0. The van der Waals surface area contributed by atoms with Gasteiger partial charge in [-0.15, -0.1) is 0 Å². The largest absolute Gasteiger partial charge is 0.490 e. The van der Waals surface area contributed by atoms with Crippen molar-refractivity contribution in [2.45, 2.75) is 27.0 Å². The van der Waals surface area contributed by atoms with E-state index in [0.717, 1.165) is 22.9 Å². The number of rotatable bonds is 8. The van der Waals surface area contributed by atoms with Gasteiger partial charge in [-0.25, -0.2) is 4.39 Å². The minimum Gasteiger partial charge on any atom is -0.490 e. The number of benzene rings is 3. The molecule has 2 amide bonds. The molecule has 5 nitrogen and oxygen atoms in total. The minimum absolute atomic E-state index is 0.0302. The first-order valence-corrected chi connectivity index (χ1v) is 12.6. The van der Waals surface area contributed by atoms with E-state index in [0.29, 0.717) is 38.6 Å². The predicted molar refractivity (Wildman–Crippen MR) is 139 cm³/mol. The fraction of sp³-hybridized carbons (Fsp3) is 0.185. The van der Waals surface area contributed by atoms with Crippen LogP contribution in [0.5, 0.6) is 11.5 Å². The monoisotopic (exact) mass is 555 g/mol. The standard InChI is InChI=1S/C27H23BrFNO4S/c1-3-33-23-13-18(12-21(28)25(23)34-16-20-10-6-7-11-22(20)29)14-24-26(31)30(27(32)35-24)15-19-9-5-4-8-17(19)2/h4-14H,3,15-16H2,1-2H3/b24-14-. The van der Waals surface area contributed by atoms with Crippen LogP contribution < -0.4 is 9.47 Å². The van der Waals surface area contributed by atoms with E-state index in [9.17, 15) is 14.0 Å². The van der Waals surface area contributed by atoms with Crippen LogP contribution in [-0.2, 0) is 17.9 Å². The molecular weight excluding hydrogens is 533 g/mol. The topological polar surface area (TPSA) is 55.8 Å². The van der Waals surface area contributed by atoms with E-state index in [2.05, 4.69) is 15.9 Å². The molecule has 180 valence electrons. The highest BCUT2D eigenvalue weighted by atomic mass is 79.9. The van der Waals surface area contributed by atoms with Gasteiger partial charge in [0.05, 0.1) is 22.5 Å². The molecule has 3 aromatic carbocycles.